The third kappa shape index (κ3) is 3.78. The van der Waals surface area contributed by atoms with Crippen molar-refractivity contribution in [2.24, 2.45) is 0 Å². The molecule has 1 aliphatic carbocycles. The largest absolute Gasteiger partial charge is 0.349 e. The first-order valence-electron chi connectivity index (χ1n) is 9.20. The highest BCUT2D eigenvalue weighted by Gasteiger charge is 2.24. The summed E-state index contributed by atoms with van der Waals surface area (Å²) in [5.41, 5.74) is 4.58. The molecule has 4 nitrogen and oxygen atoms in total. The molecule has 1 fully saturated rings. The monoisotopic (exact) mass is 355 g/mol. The second kappa shape index (κ2) is 7.13. The Morgan fingerprint density at radius 2 is 2.07 bits per heavy atom. The summed E-state index contributed by atoms with van der Waals surface area (Å²) in [7, 11) is 0. The first kappa shape index (κ1) is 17.1. The number of hydrogen-bond donors (Lipinski definition) is 1. The van der Waals surface area contributed by atoms with Gasteiger partial charge in [-0.3, -0.25) is 4.79 Å². The molecule has 0 saturated heterocycles. The standard InChI is InChI=1S/C23H21N3O/c1-16-5-4-6-17(11-16)14-26-15-19(21-7-2-3-8-22(21)26)12-18(13-24)23(27)25-20-9-10-20/h2-8,11-12,15,20H,9-10,14H2,1H3,(H,25,27)/b18-12+. The fraction of sp³-hybridized carbons (Fsp3) is 0.217. The lowest BCUT2D eigenvalue weighted by atomic mass is 10.1. The van der Waals surface area contributed by atoms with E-state index >= 15 is 0 Å². The lowest BCUT2D eigenvalue weighted by Gasteiger charge is -2.06. The summed E-state index contributed by atoms with van der Waals surface area (Å²) in [5.74, 6) is -0.282. The number of fused-ring (bicyclic) bond motifs is 1. The van der Waals surface area contributed by atoms with E-state index < -0.39 is 0 Å². The van der Waals surface area contributed by atoms with Crippen LogP contribution in [0.5, 0.6) is 0 Å². The van der Waals surface area contributed by atoms with Gasteiger partial charge < -0.3 is 9.88 Å². The van der Waals surface area contributed by atoms with Gasteiger partial charge in [0.25, 0.3) is 5.91 Å². The molecule has 0 radical (unpaired) electrons. The number of nitrogens with zero attached hydrogens (tertiary/aromatic N) is 2. The molecule has 1 N–H and O–H groups in total. The van der Waals surface area contributed by atoms with Crippen molar-refractivity contribution >= 4 is 22.9 Å². The van der Waals surface area contributed by atoms with Crippen LogP contribution >= 0.6 is 0 Å². The van der Waals surface area contributed by atoms with Crippen molar-refractivity contribution in [1.82, 2.24) is 9.88 Å². The summed E-state index contributed by atoms with van der Waals surface area (Å²) < 4.78 is 2.17. The zero-order valence-corrected chi connectivity index (χ0v) is 15.3. The van der Waals surface area contributed by atoms with Crippen LogP contribution in [0.1, 0.15) is 29.5 Å². The number of amides is 1. The molecule has 4 heteroatoms. The molecule has 1 aromatic heterocycles. The van der Waals surface area contributed by atoms with E-state index in [0.717, 1.165) is 35.9 Å². The molecule has 4 rings (SSSR count). The number of hydrogen-bond acceptors (Lipinski definition) is 2. The zero-order chi connectivity index (χ0) is 18.8. The van der Waals surface area contributed by atoms with Gasteiger partial charge in [0.05, 0.1) is 0 Å². The molecule has 1 aliphatic rings. The Bertz CT molecular complexity index is 1080. The molecule has 27 heavy (non-hydrogen) atoms. The highest BCUT2D eigenvalue weighted by Crippen LogP contribution is 2.25. The van der Waals surface area contributed by atoms with E-state index in [9.17, 15) is 10.1 Å². The van der Waals surface area contributed by atoms with E-state index in [1.54, 1.807) is 6.08 Å². The molecule has 0 unspecified atom stereocenters. The average molecular weight is 355 g/mol. The molecule has 1 heterocycles. The van der Waals surface area contributed by atoms with Crippen molar-refractivity contribution in [3.63, 3.8) is 0 Å². The van der Waals surface area contributed by atoms with Crippen LogP contribution in [-0.4, -0.2) is 16.5 Å². The molecule has 1 saturated carbocycles. The minimum atomic E-state index is -0.282. The lowest BCUT2D eigenvalue weighted by molar-refractivity contribution is -0.117. The molecule has 0 bridgehead atoms. The van der Waals surface area contributed by atoms with Crippen molar-refractivity contribution in [3.8, 4) is 6.07 Å². The summed E-state index contributed by atoms with van der Waals surface area (Å²) in [6, 6.07) is 18.8. The summed E-state index contributed by atoms with van der Waals surface area (Å²) in [5, 5.41) is 13.4. The Kier molecular flexibility index (Phi) is 4.52. The van der Waals surface area contributed by atoms with Gasteiger partial charge in [0.1, 0.15) is 11.6 Å². The number of carbonyl (C=O) groups excluding carboxylic acids is 1. The summed E-state index contributed by atoms with van der Waals surface area (Å²) >= 11 is 0. The van der Waals surface area contributed by atoms with E-state index in [1.807, 2.05) is 24.4 Å². The van der Waals surface area contributed by atoms with Crippen LogP contribution in [0.25, 0.3) is 17.0 Å². The topological polar surface area (TPSA) is 57.8 Å². The smallest absolute Gasteiger partial charge is 0.262 e. The molecule has 1 amide bonds. The second-order valence-corrected chi connectivity index (χ2v) is 7.14. The summed E-state index contributed by atoms with van der Waals surface area (Å²) in [6.07, 6.45) is 5.72. The maximum atomic E-state index is 12.3. The van der Waals surface area contributed by atoms with Gasteiger partial charge in [0.2, 0.25) is 0 Å². The minimum Gasteiger partial charge on any atom is -0.349 e. The SMILES string of the molecule is Cc1cccc(Cn2cc(/C=C(\C#N)C(=O)NC3CC3)c3ccccc32)c1. The van der Waals surface area contributed by atoms with E-state index in [0.29, 0.717) is 0 Å². The predicted octanol–water partition coefficient (Wildman–Crippen LogP) is 4.18. The van der Waals surface area contributed by atoms with Gasteiger partial charge in [-0.2, -0.15) is 5.26 Å². The van der Waals surface area contributed by atoms with Crippen molar-refractivity contribution in [3.05, 3.63) is 77.0 Å². The first-order valence-corrected chi connectivity index (χ1v) is 9.20. The van der Waals surface area contributed by atoms with E-state index in [4.69, 9.17) is 0 Å². The molecule has 0 spiro atoms. The van der Waals surface area contributed by atoms with Gasteiger partial charge in [0, 0.05) is 35.2 Å². The van der Waals surface area contributed by atoms with Crippen molar-refractivity contribution in [2.75, 3.05) is 0 Å². The van der Waals surface area contributed by atoms with Gasteiger partial charge in [-0.1, -0.05) is 48.0 Å². The number of benzene rings is 2. The molecule has 0 aliphatic heterocycles. The summed E-state index contributed by atoms with van der Waals surface area (Å²) in [4.78, 5) is 12.3. The van der Waals surface area contributed by atoms with E-state index in [2.05, 4.69) is 53.2 Å². The van der Waals surface area contributed by atoms with E-state index in [1.165, 1.54) is 11.1 Å². The van der Waals surface area contributed by atoms with Crippen LogP contribution in [0.4, 0.5) is 0 Å². The highest BCUT2D eigenvalue weighted by atomic mass is 16.1. The number of aromatic nitrogens is 1. The Morgan fingerprint density at radius 1 is 1.26 bits per heavy atom. The Hall–Kier alpha value is -3.32. The molecule has 2 aromatic carbocycles. The second-order valence-electron chi connectivity index (χ2n) is 7.14. The average Bonchev–Trinajstić information content (AvgIpc) is 3.41. The highest BCUT2D eigenvalue weighted by molar-refractivity contribution is 6.04. The van der Waals surface area contributed by atoms with Crippen LogP contribution in [0.3, 0.4) is 0 Å². The zero-order valence-electron chi connectivity index (χ0n) is 15.3. The first-order chi connectivity index (χ1) is 13.1. The van der Waals surface area contributed by atoms with Gasteiger partial charge in [-0.25, -0.2) is 0 Å². The molecular formula is C23H21N3O. The van der Waals surface area contributed by atoms with E-state index in [-0.39, 0.29) is 17.5 Å². The van der Waals surface area contributed by atoms with Gasteiger partial charge in [0.15, 0.2) is 0 Å². The molecular weight excluding hydrogens is 334 g/mol. The van der Waals surface area contributed by atoms with Gasteiger partial charge >= 0.3 is 0 Å². The Morgan fingerprint density at radius 3 is 2.81 bits per heavy atom. The maximum Gasteiger partial charge on any atom is 0.262 e. The normalized spacial score (nSPS) is 14.1. The number of nitriles is 1. The molecule has 134 valence electrons. The van der Waals surface area contributed by atoms with Crippen LogP contribution in [0.15, 0.2) is 60.3 Å². The third-order valence-electron chi connectivity index (χ3n) is 4.83. The summed E-state index contributed by atoms with van der Waals surface area (Å²) in [6.45, 7) is 2.83. The van der Waals surface area contributed by atoms with Crippen LogP contribution in [0, 0.1) is 18.3 Å². The number of carbonyl (C=O) groups is 1. The Balaban J connectivity index is 1.72. The fourth-order valence-electron chi connectivity index (χ4n) is 3.32. The Labute approximate surface area is 158 Å². The fourth-order valence-corrected chi connectivity index (χ4v) is 3.32. The van der Waals surface area contributed by atoms with Crippen molar-refractivity contribution in [2.45, 2.75) is 32.4 Å². The third-order valence-corrected chi connectivity index (χ3v) is 4.83. The van der Waals surface area contributed by atoms with Gasteiger partial charge in [-0.15, -0.1) is 0 Å². The van der Waals surface area contributed by atoms with Crippen LogP contribution in [0.2, 0.25) is 0 Å². The maximum absolute atomic E-state index is 12.3. The molecule has 3 aromatic rings. The number of aryl methyl sites for hydroxylation is 1. The predicted molar refractivity (Wildman–Crippen MR) is 107 cm³/mol. The quantitative estimate of drug-likeness (QED) is 0.551. The van der Waals surface area contributed by atoms with Crippen molar-refractivity contribution < 1.29 is 4.79 Å². The number of rotatable bonds is 5. The number of para-hydroxylation sites is 1. The minimum absolute atomic E-state index is 0.153. The lowest BCUT2D eigenvalue weighted by Crippen LogP contribution is -2.26. The van der Waals surface area contributed by atoms with Gasteiger partial charge in [-0.05, 0) is 37.5 Å². The molecule has 0 atom stereocenters. The number of nitrogens with one attached hydrogen (secondary N) is 1. The van der Waals surface area contributed by atoms with Crippen LogP contribution < -0.4 is 5.32 Å². The van der Waals surface area contributed by atoms with Crippen molar-refractivity contribution in [1.29, 1.82) is 5.26 Å². The van der Waals surface area contributed by atoms with Crippen LogP contribution in [-0.2, 0) is 11.3 Å².